The van der Waals surface area contributed by atoms with E-state index in [9.17, 15) is 4.79 Å². The van der Waals surface area contributed by atoms with E-state index in [0.717, 1.165) is 11.1 Å². The quantitative estimate of drug-likeness (QED) is 0.603. The van der Waals surface area contributed by atoms with E-state index in [2.05, 4.69) is 5.32 Å². The summed E-state index contributed by atoms with van der Waals surface area (Å²) in [6, 6.07) is 14.4. The van der Waals surface area contributed by atoms with Crippen molar-refractivity contribution >= 4 is 40.7 Å². The maximum absolute atomic E-state index is 12.0. The van der Waals surface area contributed by atoms with Crippen molar-refractivity contribution in [2.24, 2.45) is 0 Å². The van der Waals surface area contributed by atoms with Crippen molar-refractivity contribution in [3.8, 4) is 11.5 Å². The van der Waals surface area contributed by atoms with E-state index >= 15 is 0 Å². The van der Waals surface area contributed by atoms with E-state index in [4.69, 9.17) is 44.3 Å². The van der Waals surface area contributed by atoms with Gasteiger partial charge < -0.3 is 14.8 Å². The fourth-order valence-electron chi connectivity index (χ4n) is 2.01. The minimum Gasteiger partial charge on any atom is -0.497 e. The molecule has 0 fully saturated rings. The van der Waals surface area contributed by atoms with Crippen LogP contribution < -0.4 is 14.8 Å². The summed E-state index contributed by atoms with van der Waals surface area (Å²) >= 11 is 16.9. The highest BCUT2D eigenvalue weighted by Gasteiger charge is 2.33. The predicted octanol–water partition coefficient (Wildman–Crippen LogP) is 4.57. The standard InChI is InChI=1S/C17H16Cl3NO3/c1-11-4-3-5-12(10-11)15(21-16(22)17(18,19)20)24-14-8-6-13(23-2)7-9-14/h3-10,15H,1-2H3,(H,21,22)/t15-/m1/s1. The van der Waals surface area contributed by atoms with Gasteiger partial charge in [-0.05, 0) is 31.2 Å². The van der Waals surface area contributed by atoms with Crippen molar-refractivity contribution in [2.45, 2.75) is 16.9 Å². The van der Waals surface area contributed by atoms with E-state index < -0.39 is 15.9 Å². The van der Waals surface area contributed by atoms with Gasteiger partial charge in [0.15, 0.2) is 6.23 Å². The molecule has 24 heavy (non-hydrogen) atoms. The molecule has 0 bridgehead atoms. The molecule has 2 aromatic rings. The Morgan fingerprint density at radius 2 is 1.71 bits per heavy atom. The highest BCUT2D eigenvalue weighted by atomic mass is 35.6. The second-order valence-corrected chi connectivity index (χ2v) is 7.34. The van der Waals surface area contributed by atoms with Crippen molar-refractivity contribution in [3.05, 3.63) is 59.7 Å². The summed E-state index contributed by atoms with van der Waals surface area (Å²) in [5, 5.41) is 2.59. The summed E-state index contributed by atoms with van der Waals surface area (Å²) in [6.07, 6.45) is -0.804. The monoisotopic (exact) mass is 387 g/mol. The summed E-state index contributed by atoms with van der Waals surface area (Å²) in [7, 11) is 1.58. The van der Waals surface area contributed by atoms with E-state index in [0.29, 0.717) is 11.5 Å². The number of amides is 1. The molecule has 0 heterocycles. The van der Waals surface area contributed by atoms with Crippen molar-refractivity contribution in [1.29, 1.82) is 0 Å². The smallest absolute Gasteiger partial charge is 0.275 e. The molecule has 0 aliphatic carbocycles. The first kappa shape index (κ1) is 18.7. The lowest BCUT2D eigenvalue weighted by molar-refractivity contribution is -0.122. The van der Waals surface area contributed by atoms with Crippen LogP contribution in [0.15, 0.2) is 48.5 Å². The SMILES string of the molecule is COc1ccc(O[C@@H](NC(=O)C(Cl)(Cl)Cl)c2cccc(C)c2)cc1. The second kappa shape index (κ2) is 7.97. The van der Waals surface area contributed by atoms with Crippen LogP contribution in [0.25, 0.3) is 0 Å². The van der Waals surface area contributed by atoms with Gasteiger partial charge in [0, 0.05) is 5.56 Å². The molecule has 0 radical (unpaired) electrons. The van der Waals surface area contributed by atoms with Gasteiger partial charge in [-0.2, -0.15) is 0 Å². The number of nitrogens with one attached hydrogen (secondary N) is 1. The van der Waals surface area contributed by atoms with E-state index in [1.54, 1.807) is 31.4 Å². The van der Waals surface area contributed by atoms with Gasteiger partial charge in [0.1, 0.15) is 11.5 Å². The minimum atomic E-state index is -2.08. The topological polar surface area (TPSA) is 47.6 Å². The second-order valence-electron chi connectivity index (χ2n) is 5.06. The number of benzene rings is 2. The minimum absolute atomic E-state index is 0.534. The Bertz CT molecular complexity index is 699. The third-order valence-electron chi connectivity index (χ3n) is 3.18. The van der Waals surface area contributed by atoms with E-state index in [-0.39, 0.29) is 0 Å². The van der Waals surface area contributed by atoms with Crippen LogP contribution >= 0.6 is 34.8 Å². The predicted molar refractivity (Wildman–Crippen MR) is 96.0 cm³/mol. The van der Waals surface area contributed by atoms with Gasteiger partial charge in [-0.3, -0.25) is 4.79 Å². The Hall–Kier alpha value is -1.62. The average molecular weight is 389 g/mol. The lowest BCUT2D eigenvalue weighted by Crippen LogP contribution is -2.39. The van der Waals surface area contributed by atoms with Crippen LogP contribution in [0.5, 0.6) is 11.5 Å². The molecule has 4 nitrogen and oxygen atoms in total. The third kappa shape index (κ3) is 5.20. The fourth-order valence-corrected chi connectivity index (χ4v) is 2.17. The molecule has 0 saturated heterocycles. The van der Waals surface area contributed by atoms with Crippen molar-refractivity contribution in [3.63, 3.8) is 0 Å². The van der Waals surface area contributed by atoms with Gasteiger partial charge >= 0.3 is 0 Å². The third-order valence-corrected chi connectivity index (χ3v) is 3.69. The van der Waals surface area contributed by atoms with Crippen LogP contribution in [-0.4, -0.2) is 16.8 Å². The first-order valence-corrected chi connectivity index (χ1v) is 8.18. The van der Waals surface area contributed by atoms with Crippen LogP contribution in [0.4, 0.5) is 0 Å². The van der Waals surface area contributed by atoms with Crippen molar-refractivity contribution < 1.29 is 14.3 Å². The number of carbonyl (C=O) groups excluding carboxylic acids is 1. The number of methoxy groups -OCH3 is 1. The maximum atomic E-state index is 12.0. The number of ether oxygens (including phenoxy) is 2. The number of hydrogen-bond donors (Lipinski definition) is 1. The first-order chi connectivity index (χ1) is 11.3. The Morgan fingerprint density at radius 3 is 2.25 bits per heavy atom. The van der Waals surface area contributed by atoms with Gasteiger partial charge in [0.05, 0.1) is 7.11 Å². The summed E-state index contributed by atoms with van der Waals surface area (Å²) in [6.45, 7) is 1.94. The van der Waals surface area contributed by atoms with Crippen LogP contribution in [0.3, 0.4) is 0 Å². The molecule has 0 saturated carbocycles. The summed E-state index contributed by atoms with van der Waals surface area (Å²) in [4.78, 5) is 12.0. The fraction of sp³-hybridized carbons (Fsp3) is 0.235. The van der Waals surface area contributed by atoms with E-state index in [1.165, 1.54) is 0 Å². The molecular weight excluding hydrogens is 373 g/mol. The zero-order chi connectivity index (χ0) is 17.7. The molecule has 7 heteroatoms. The number of halogens is 3. The van der Waals surface area contributed by atoms with E-state index in [1.807, 2.05) is 31.2 Å². The zero-order valence-corrected chi connectivity index (χ0v) is 15.3. The van der Waals surface area contributed by atoms with Crippen molar-refractivity contribution in [2.75, 3.05) is 7.11 Å². The Balaban J connectivity index is 2.26. The highest BCUT2D eigenvalue weighted by Crippen LogP contribution is 2.29. The molecule has 2 rings (SSSR count). The molecule has 0 aliphatic heterocycles. The normalized spacial score (nSPS) is 12.4. The van der Waals surface area contributed by atoms with Crippen LogP contribution in [0.2, 0.25) is 0 Å². The van der Waals surface area contributed by atoms with Gasteiger partial charge in [-0.15, -0.1) is 0 Å². The molecule has 0 unspecified atom stereocenters. The zero-order valence-electron chi connectivity index (χ0n) is 13.1. The Kier molecular flexibility index (Phi) is 6.21. The highest BCUT2D eigenvalue weighted by molar-refractivity contribution is 6.76. The number of alkyl halides is 3. The van der Waals surface area contributed by atoms with Gasteiger partial charge in [0.25, 0.3) is 9.70 Å². The van der Waals surface area contributed by atoms with Crippen LogP contribution in [0, 0.1) is 6.92 Å². The molecule has 128 valence electrons. The van der Waals surface area contributed by atoms with Gasteiger partial charge in [0.2, 0.25) is 0 Å². The number of carbonyl (C=O) groups is 1. The molecule has 0 aliphatic rings. The van der Waals surface area contributed by atoms with Gasteiger partial charge in [-0.1, -0.05) is 64.6 Å². The number of hydrogen-bond acceptors (Lipinski definition) is 3. The summed E-state index contributed by atoms with van der Waals surface area (Å²) < 4.78 is 8.89. The molecule has 1 atom stereocenters. The van der Waals surface area contributed by atoms with Crippen LogP contribution in [0.1, 0.15) is 17.4 Å². The summed E-state index contributed by atoms with van der Waals surface area (Å²) in [5.41, 5.74) is 1.74. The van der Waals surface area contributed by atoms with Crippen LogP contribution in [-0.2, 0) is 4.79 Å². The lowest BCUT2D eigenvalue weighted by atomic mass is 10.1. The average Bonchev–Trinajstić information content (AvgIpc) is 2.54. The number of aryl methyl sites for hydroxylation is 1. The molecule has 2 aromatic carbocycles. The maximum Gasteiger partial charge on any atom is 0.275 e. The van der Waals surface area contributed by atoms with Gasteiger partial charge in [-0.25, -0.2) is 0 Å². The van der Waals surface area contributed by atoms with Crippen molar-refractivity contribution in [1.82, 2.24) is 5.32 Å². The molecule has 1 amide bonds. The number of rotatable bonds is 5. The molecular formula is C17H16Cl3NO3. The lowest BCUT2D eigenvalue weighted by Gasteiger charge is -2.23. The molecule has 0 spiro atoms. The molecule has 1 N–H and O–H groups in total. The Labute approximate surface area is 155 Å². The first-order valence-electron chi connectivity index (χ1n) is 7.04. The molecule has 0 aromatic heterocycles. The largest absolute Gasteiger partial charge is 0.497 e. The Morgan fingerprint density at radius 1 is 1.08 bits per heavy atom. The summed E-state index contributed by atoms with van der Waals surface area (Å²) in [5.74, 6) is 0.458.